The van der Waals surface area contributed by atoms with E-state index in [9.17, 15) is 4.79 Å². The first-order valence-corrected chi connectivity index (χ1v) is 10.3. The fourth-order valence-electron chi connectivity index (χ4n) is 3.49. The normalized spacial score (nSPS) is 11.0. The van der Waals surface area contributed by atoms with Crippen LogP contribution in [0.5, 0.6) is 0 Å². The molecule has 9 nitrogen and oxygen atoms in total. The topological polar surface area (TPSA) is 113 Å². The van der Waals surface area contributed by atoms with E-state index in [0.29, 0.717) is 46.9 Å². The molecule has 0 bridgehead atoms. The maximum absolute atomic E-state index is 11.4. The van der Waals surface area contributed by atoms with Crippen LogP contribution in [0.2, 0.25) is 0 Å². The number of nitrogens with one attached hydrogen (secondary N) is 3. The van der Waals surface area contributed by atoms with Crippen LogP contribution in [0.4, 0.5) is 0 Å². The Hall–Kier alpha value is -4.66. The Kier molecular flexibility index (Phi) is 5.19. The number of hydrogen-bond acceptors (Lipinski definition) is 7. The van der Waals surface area contributed by atoms with Gasteiger partial charge in [-0.15, -0.1) is 0 Å². The molecule has 0 aliphatic rings. The molecule has 0 spiro atoms. The van der Waals surface area contributed by atoms with E-state index in [-0.39, 0.29) is 0 Å². The number of aromatic nitrogens is 5. The Morgan fingerprint density at radius 1 is 0.970 bits per heavy atom. The SMILES string of the molecule is C=C(NCc1ccc2oc(=O)[nH]c2c1)c1cc(C(=C)NCc2ccncc2)n2nccc2n1. The van der Waals surface area contributed by atoms with Gasteiger partial charge in [0.25, 0.3) is 0 Å². The number of nitrogens with zero attached hydrogens (tertiary/aromatic N) is 4. The summed E-state index contributed by atoms with van der Waals surface area (Å²) in [5.74, 6) is -0.469. The fourth-order valence-corrected chi connectivity index (χ4v) is 3.49. The second kappa shape index (κ2) is 8.46. The van der Waals surface area contributed by atoms with E-state index in [1.807, 2.05) is 36.4 Å². The van der Waals surface area contributed by atoms with Gasteiger partial charge in [-0.3, -0.25) is 9.97 Å². The minimum Gasteiger partial charge on any atom is -0.408 e. The monoisotopic (exact) mass is 439 g/mol. The summed E-state index contributed by atoms with van der Waals surface area (Å²) in [6, 6.07) is 13.1. The molecule has 0 aliphatic carbocycles. The van der Waals surface area contributed by atoms with Crippen LogP contribution in [-0.2, 0) is 13.1 Å². The zero-order chi connectivity index (χ0) is 22.8. The molecule has 164 valence electrons. The van der Waals surface area contributed by atoms with Gasteiger partial charge < -0.3 is 15.1 Å². The maximum Gasteiger partial charge on any atom is 0.417 e. The van der Waals surface area contributed by atoms with Crippen LogP contribution in [0.25, 0.3) is 28.1 Å². The molecule has 0 saturated carbocycles. The van der Waals surface area contributed by atoms with E-state index < -0.39 is 5.76 Å². The van der Waals surface area contributed by atoms with Gasteiger partial charge in [0.2, 0.25) is 0 Å². The lowest BCUT2D eigenvalue weighted by atomic mass is 10.2. The van der Waals surface area contributed by atoms with Crippen molar-refractivity contribution in [2.75, 3.05) is 0 Å². The van der Waals surface area contributed by atoms with Crippen LogP contribution in [0.1, 0.15) is 22.5 Å². The average molecular weight is 439 g/mol. The zero-order valence-corrected chi connectivity index (χ0v) is 17.7. The number of hydrogen-bond donors (Lipinski definition) is 3. The van der Waals surface area contributed by atoms with Gasteiger partial charge in [0.1, 0.15) is 0 Å². The van der Waals surface area contributed by atoms with Crippen molar-refractivity contribution in [3.63, 3.8) is 0 Å². The highest BCUT2D eigenvalue weighted by molar-refractivity contribution is 5.73. The molecule has 4 heterocycles. The largest absolute Gasteiger partial charge is 0.417 e. The summed E-state index contributed by atoms with van der Waals surface area (Å²) in [7, 11) is 0. The minimum atomic E-state index is -0.469. The van der Waals surface area contributed by atoms with Gasteiger partial charge in [0.15, 0.2) is 11.2 Å². The molecule has 0 aliphatic heterocycles. The summed E-state index contributed by atoms with van der Waals surface area (Å²) in [6.45, 7) is 9.46. The number of aromatic amines is 1. The zero-order valence-electron chi connectivity index (χ0n) is 17.7. The molecule has 5 aromatic rings. The summed E-state index contributed by atoms with van der Waals surface area (Å²) in [4.78, 5) is 22.7. The fraction of sp³-hybridized carbons (Fsp3) is 0.0833. The van der Waals surface area contributed by atoms with Crippen LogP contribution < -0.4 is 16.4 Å². The van der Waals surface area contributed by atoms with E-state index in [0.717, 1.165) is 16.8 Å². The molecule has 0 unspecified atom stereocenters. The number of benzene rings is 1. The molecule has 0 fully saturated rings. The van der Waals surface area contributed by atoms with E-state index in [4.69, 9.17) is 4.42 Å². The second-order valence-corrected chi connectivity index (χ2v) is 7.49. The molecule has 3 N–H and O–H groups in total. The van der Waals surface area contributed by atoms with Gasteiger partial charge >= 0.3 is 5.76 Å². The van der Waals surface area contributed by atoms with Gasteiger partial charge in [-0.25, -0.2) is 14.3 Å². The van der Waals surface area contributed by atoms with Gasteiger partial charge in [-0.2, -0.15) is 5.10 Å². The number of rotatable bonds is 8. The predicted molar refractivity (Wildman–Crippen MR) is 126 cm³/mol. The van der Waals surface area contributed by atoms with Crippen molar-refractivity contribution in [1.29, 1.82) is 0 Å². The quantitative estimate of drug-likeness (QED) is 0.340. The van der Waals surface area contributed by atoms with Crippen LogP contribution in [-0.4, -0.2) is 24.6 Å². The number of oxazole rings is 1. The first kappa shape index (κ1) is 20.3. The van der Waals surface area contributed by atoms with Crippen molar-refractivity contribution in [1.82, 2.24) is 35.2 Å². The molecular formula is C24H21N7O2. The molecule has 4 aromatic heterocycles. The Morgan fingerprint density at radius 2 is 1.76 bits per heavy atom. The number of fused-ring (bicyclic) bond motifs is 2. The molecule has 0 saturated heterocycles. The Morgan fingerprint density at radius 3 is 2.61 bits per heavy atom. The van der Waals surface area contributed by atoms with Crippen LogP contribution in [0.15, 0.2) is 83.4 Å². The van der Waals surface area contributed by atoms with Crippen molar-refractivity contribution in [3.8, 4) is 0 Å². The van der Waals surface area contributed by atoms with Crippen molar-refractivity contribution in [3.05, 3.63) is 107 Å². The third-order valence-corrected chi connectivity index (χ3v) is 5.22. The molecule has 33 heavy (non-hydrogen) atoms. The third kappa shape index (κ3) is 4.24. The van der Waals surface area contributed by atoms with Crippen LogP contribution in [0.3, 0.4) is 0 Å². The number of H-pyrrole nitrogens is 1. The first-order chi connectivity index (χ1) is 16.1. The van der Waals surface area contributed by atoms with E-state index in [1.165, 1.54) is 0 Å². The highest BCUT2D eigenvalue weighted by Crippen LogP contribution is 2.18. The maximum atomic E-state index is 11.4. The smallest absolute Gasteiger partial charge is 0.408 e. The van der Waals surface area contributed by atoms with E-state index >= 15 is 0 Å². The van der Waals surface area contributed by atoms with Gasteiger partial charge in [0.05, 0.1) is 34.5 Å². The molecule has 9 heteroatoms. The summed E-state index contributed by atoms with van der Waals surface area (Å²) in [5.41, 5.74) is 6.77. The van der Waals surface area contributed by atoms with E-state index in [2.05, 4.69) is 43.8 Å². The molecule has 0 amide bonds. The first-order valence-electron chi connectivity index (χ1n) is 10.3. The Balaban J connectivity index is 1.34. The van der Waals surface area contributed by atoms with Gasteiger partial charge in [0, 0.05) is 31.5 Å². The summed E-state index contributed by atoms with van der Waals surface area (Å²) < 4.78 is 6.79. The number of pyridine rings is 1. The van der Waals surface area contributed by atoms with Crippen LogP contribution >= 0.6 is 0 Å². The lowest BCUT2D eigenvalue weighted by Gasteiger charge is -2.14. The average Bonchev–Trinajstić information content (AvgIpc) is 3.46. The lowest BCUT2D eigenvalue weighted by molar-refractivity contribution is 0.555. The molecular weight excluding hydrogens is 418 g/mol. The standard InChI is InChI=1S/C24H21N7O2/c1-15(26-14-18-3-4-22-20(11-18)30-24(32)33-22)19-12-21(31-23(29-19)7-10-28-31)16(2)27-13-17-5-8-25-9-6-17/h3-12,26-27H,1-2,13-14H2,(H,30,32). The Labute approximate surface area is 188 Å². The molecule has 0 atom stereocenters. The second-order valence-electron chi connectivity index (χ2n) is 7.49. The van der Waals surface area contributed by atoms with Gasteiger partial charge in [-0.1, -0.05) is 19.2 Å². The molecule has 1 aromatic carbocycles. The molecule has 5 rings (SSSR count). The summed E-state index contributed by atoms with van der Waals surface area (Å²) >= 11 is 0. The van der Waals surface area contributed by atoms with Crippen molar-refractivity contribution in [2.45, 2.75) is 13.1 Å². The minimum absolute atomic E-state index is 0.469. The van der Waals surface area contributed by atoms with Crippen molar-refractivity contribution in [2.24, 2.45) is 0 Å². The molecule has 0 radical (unpaired) electrons. The summed E-state index contributed by atoms with van der Waals surface area (Å²) in [6.07, 6.45) is 5.21. The lowest BCUT2D eigenvalue weighted by Crippen LogP contribution is -2.16. The van der Waals surface area contributed by atoms with Crippen molar-refractivity contribution >= 4 is 28.1 Å². The predicted octanol–water partition coefficient (Wildman–Crippen LogP) is 3.08. The van der Waals surface area contributed by atoms with E-state index in [1.54, 1.807) is 29.2 Å². The van der Waals surface area contributed by atoms with Crippen LogP contribution in [0, 0.1) is 0 Å². The van der Waals surface area contributed by atoms with Crippen molar-refractivity contribution < 1.29 is 4.42 Å². The summed E-state index contributed by atoms with van der Waals surface area (Å²) in [5, 5.41) is 11.0. The highest BCUT2D eigenvalue weighted by atomic mass is 16.4. The third-order valence-electron chi connectivity index (χ3n) is 5.22. The highest BCUT2D eigenvalue weighted by Gasteiger charge is 2.12. The van der Waals surface area contributed by atoms with Gasteiger partial charge in [-0.05, 0) is 41.5 Å². The Bertz CT molecular complexity index is 1530.